The van der Waals surface area contributed by atoms with Crippen molar-refractivity contribution in [3.05, 3.63) is 11.6 Å². The largest absolute Gasteiger partial charge is 0.447 e. The van der Waals surface area contributed by atoms with Crippen molar-refractivity contribution in [1.82, 2.24) is 5.32 Å². The van der Waals surface area contributed by atoms with Crippen LogP contribution in [0.25, 0.3) is 0 Å². The molecule has 0 aromatic rings. The molecule has 176 valence electrons. The molecule has 2 unspecified atom stereocenters. The number of nitrogens with one attached hydrogen (secondary N) is 1. The van der Waals surface area contributed by atoms with Gasteiger partial charge in [0, 0.05) is 27.4 Å². The van der Waals surface area contributed by atoms with Crippen molar-refractivity contribution < 1.29 is 19.0 Å². The molecule has 0 saturated heterocycles. The summed E-state index contributed by atoms with van der Waals surface area (Å²) in [6, 6.07) is 0. The summed E-state index contributed by atoms with van der Waals surface area (Å²) >= 11 is 0. The van der Waals surface area contributed by atoms with E-state index in [4.69, 9.17) is 14.2 Å². The minimum atomic E-state index is -0.351. The smallest absolute Gasteiger partial charge is 0.407 e. The Balaban J connectivity index is -0.00000158. The Morgan fingerprint density at radius 3 is 2.14 bits per heavy atom. The molecule has 0 spiro atoms. The van der Waals surface area contributed by atoms with E-state index in [9.17, 15) is 4.79 Å². The molecule has 1 N–H and O–H groups in total. The van der Waals surface area contributed by atoms with Crippen molar-refractivity contribution in [1.29, 1.82) is 0 Å². The van der Waals surface area contributed by atoms with Crippen molar-refractivity contribution in [2.75, 3.05) is 34.0 Å². The molecule has 5 heteroatoms. The molecule has 29 heavy (non-hydrogen) atoms. The first-order valence-corrected chi connectivity index (χ1v) is 11.6. The zero-order valence-corrected chi connectivity index (χ0v) is 20.9. The molecule has 1 amide bonds. The highest BCUT2D eigenvalue weighted by Gasteiger charge is 2.18. The van der Waals surface area contributed by atoms with E-state index in [1.165, 1.54) is 5.57 Å². The summed E-state index contributed by atoms with van der Waals surface area (Å²) in [5.41, 5.74) is 1.36. The molecule has 0 aromatic carbocycles. The zero-order chi connectivity index (χ0) is 22.9. The van der Waals surface area contributed by atoms with Crippen molar-refractivity contribution in [2.24, 2.45) is 5.92 Å². The maximum Gasteiger partial charge on any atom is 0.407 e. The van der Waals surface area contributed by atoms with Gasteiger partial charge in [0.2, 0.25) is 0 Å². The van der Waals surface area contributed by atoms with Crippen LogP contribution in [0.2, 0.25) is 0 Å². The third-order valence-electron chi connectivity index (χ3n) is 4.28. The van der Waals surface area contributed by atoms with Gasteiger partial charge in [-0.3, -0.25) is 0 Å². The number of amides is 1. The van der Waals surface area contributed by atoms with Gasteiger partial charge in [0.25, 0.3) is 0 Å². The lowest BCUT2D eigenvalue weighted by atomic mass is 9.98. The first-order chi connectivity index (χ1) is 14.0. The minimum absolute atomic E-state index is 0.0495. The lowest BCUT2D eigenvalue weighted by Crippen LogP contribution is -2.32. The van der Waals surface area contributed by atoms with Crippen molar-refractivity contribution in [3.8, 4) is 0 Å². The maximum atomic E-state index is 11.7. The molecule has 0 aliphatic heterocycles. The molecule has 0 bridgehead atoms. The van der Waals surface area contributed by atoms with E-state index in [1.807, 2.05) is 27.7 Å². The standard InChI is InChI=1S/C20H39NO4.2C2H6/c1-17(2)12-8-9-13-18(3)19(24-5)16-25-20(22)21-14-10-6-7-11-15-23-4;2*1-2/h12,18-19H,6-11,13-16H2,1-5H3,(H,21,22);2*1-2H3. The van der Waals surface area contributed by atoms with E-state index >= 15 is 0 Å². The monoisotopic (exact) mass is 417 g/mol. The number of allylic oxidation sites excluding steroid dienone is 2. The summed E-state index contributed by atoms with van der Waals surface area (Å²) in [5.74, 6) is 0.365. The quantitative estimate of drug-likeness (QED) is 0.236. The lowest BCUT2D eigenvalue weighted by Gasteiger charge is -2.22. The zero-order valence-electron chi connectivity index (χ0n) is 20.9. The van der Waals surface area contributed by atoms with Crippen LogP contribution in [0.5, 0.6) is 0 Å². The van der Waals surface area contributed by atoms with Crippen molar-refractivity contribution in [3.63, 3.8) is 0 Å². The number of alkyl carbamates (subject to hydrolysis) is 1. The molecule has 5 nitrogen and oxygen atoms in total. The molecule has 0 heterocycles. The van der Waals surface area contributed by atoms with Crippen molar-refractivity contribution in [2.45, 2.75) is 99.5 Å². The number of carbonyl (C=O) groups excluding carboxylic acids is 1. The topological polar surface area (TPSA) is 56.8 Å². The number of hydrogen-bond acceptors (Lipinski definition) is 4. The molecule has 0 fully saturated rings. The number of unbranched alkanes of at least 4 members (excludes halogenated alkanes) is 4. The first-order valence-electron chi connectivity index (χ1n) is 11.6. The van der Waals surface area contributed by atoms with Gasteiger partial charge in [-0.25, -0.2) is 4.79 Å². The Morgan fingerprint density at radius 2 is 1.59 bits per heavy atom. The van der Waals surface area contributed by atoms with Crippen LogP contribution in [0.15, 0.2) is 11.6 Å². The van der Waals surface area contributed by atoms with Crippen LogP contribution in [-0.2, 0) is 14.2 Å². The van der Waals surface area contributed by atoms with Gasteiger partial charge in [-0.05, 0) is 51.9 Å². The number of methoxy groups -OCH3 is 2. The molecule has 0 aliphatic carbocycles. The number of hydrogen-bond donors (Lipinski definition) is 1. The van der Waals surface area contributed by atoms with E-state index < -0.39 is 0 Å². The molecule has 0 rings (SSSR count). The Kier molecular flexibility index (Phi) is 30.3. The highest BCUT2D eigenvalue weighted by atomic mass is 16.6. The third kappa shape index (κ3) is 24.9. The number of rotatable bonds is 15. The fraction of sp³-hybridized carbons (Fsp3) is 0.875. The predicted molar refractivity (Wildman–Crippen MR) is 126 cm³/mol. The second kappa shape index (κ2) is 26.9. The Hall–Kier alpha value is -1.07. The number of ether oxygens (including phenoxy) is 3. The third-order valence-corrected chi connectivity index (χ3v) is 4.28. The van der Waals surface area contributed by atoms with E-state index in [1.54, 1.807) is 14.2 Å². The maximum absolute atomic E-state index is 11.7. The van der Waals surface area contributed by atoms with Crippen LogP contribution in [0.4, 0.5) is 4.79 Å². The summed E-state index contributed by atoms with van der Waals surface area (Å²) in [4.78, 5) is 11.7. The summed E-state index contributed by atoms with van der Waals surface area (Å²) in [7, 11) is 3.40. The fourth-order valence-corrected chi connectivity index (χ4v) is 2.61. The average molecular weight is 418 g/mol. The molecular formula is C24H51NO4. The normalized spacial score (nSPS) is 11.8. The minimum Gasteiger partial charge on any atom is -0.447 e. The van der Waals surface area contributed by atoms with Crippen LogP contribution in [0, 0.1) is 5.92 Å². The van der Waals surface area contributed by atoms with Crippen LogP contribution in [0.1, 0.15) is 93.4 Å². The molecule has 0 saturated carbocycles. The van der Waals surface area contributed by atoms with E-state index in [0.717, 1.165) is 51.6 Å². The SMILES string of the molecule is CC.CC.COCCCCCCNC(=O)OCC(OC)C(C)CCCC=C(C)C. The van der Waals surface area contributed by atoms with Crippen LogP contribution < -0.4 is 5.32 Å². The van der Waals surface area contributed by atoms with E-state index in [0.29, 0.717) is 19.1 Å². The fourth-order valence-electron chi connectivity index (χ4n) is 2.61. The summed E-state index contributed by atoms with van der Waals surface area (Å²) in [6.07, 6.45) is 9.39. The highest BCUT2D eigenvalue weighted by Crippen LogP contribution is 2.16. The van der Waals surface area contributed by atoms with Crippen LogP contribution >= 0.6 is 0 Å². The predicted octanol–water partition coefficient (Wildman–Crippen LogP) is 6.76. The van der Waals surface area contributed by atoms with Gasteiger partial charge >= 0.3 is 6.09 Å². The van der Waals surface area contributed by atoms with Crippen molar-refractivity contribution >= 4 is 6.09 Å². The second-order valence-corrected chi connectivity index (χ2v) is 6.90. The Bertz CT molecular complexity index is 355. The molecule has 2 atom stereocenters. The molecule has 0 aromatic heterocycles. The second-order valence-electron chi connectivity index (χ2n) is 6.90. The van der Waals surface area contributed by atoms with Gasteiger partial charge in [-0.1, -0.05) is 59.1 Å². The highest BCUT2D eigenvalue weighted by molar-refractivity contribution is 5.67. The van der Waals surface area contributed by atoms with Gasteiger partial charge in [0.05, 0.1) is 6.10 Å². The lowest BCUT2D eigenvalue weighted by molar-refractivity contribution is 0.00174. The molecular weight excluding hydrogens is 366 g/mol. The molecule has 0 radical (unpaired) electrons. The molecule has 0 aliphatic rings. The van der Waals surface area contributed by atoms with Gasteiger partial charge in [0.15, 0.2) is 0 Å². The summed E-state index contributed by atoms with van der Waals surface area (Å²) in [5, 5.41) is 2.80. The summed E-state index contributed by atoms with van der Waals surface area (Å²) < 4.78 is 15.8. The van der Waals surface area contributed by atoms with Crippen LogP contribution in [0.3, 0.4) is 0 Å². The Morgan fingerprint density at radius 1 is 0.966 bits per heavy atom. The van der Waals surface area contributed by atoms with Crippen LogP contribution in [-0.4, -0.2) is 46.2 Å². The number of carbonyl (C=O) groups is 1. The van der Waals surface area contributed by atoms with Gasteiger partial charge in [-0.2, -0.15) is 0 Å². The van der Waals surface area contributed by atoms with E-state index in [2.05, 4.69) is 32.2 Å². The summed E-state index contributed by atoms with van der Waals surface area (Å²) in [6.45, 7) is 16.2. The Labute approximate surface area is 182 Å². The first kappa shape index (κ1) is 32.6. The van der Waals surface area contributed by atoms with Gasteiger partial charge < -0.3 is 19.5 Å². The van der Waals surface area contributed by atoms with E-state index in [-0.39, 0.29) is 12.2 Å². The average Bonchev–Trinajstić information content (AvgIpc) is 2.73. The van der Waals surface area contributed by atoms with Gasteiger partial charge in [-0.15, -0.1) is 0 Å². The van der Waals surface area contributed by atoms with Gasteiger partial charge in [0.1, 0.15) is 6.61 Å².